The summed E-state index contributed by atoms with van der Waals surface area (Å²) in [6.07, 6.45) is -1.48. The Kier molecular flexibility index (Phi) is 6.20. The molecular weight excluding hydrogens is 353 g/mol. The van der Waals surface area contributed by atoms with Gasteiger partial charge in [0, 0.05) is 16.5 Å². The number of nitrogens with one attached hydrogen (secondary N) is 1. The molecule has 1 amide bonds. The van der Waals surface area contributed by atoms with E-state index < -0.39 is 24.0 Å². The van der Waals surface area contributed by atoms with E-state index in [1.165, 1.54) is 6.07 Å². The smallest absolute Gasteiger partial charge is 0.326 e. The van der Waals surface area contributed by atoms with E-state index in [1.54, 1.807) is 42.5 Å². The fourth-order valence-electron chi connectivity index (χ4n) is 2.14. The third-order valence-electron chi connectivity index (χ3n) is 3.42. The third kappa shape index (κ3) is 4.71. The zero-order chi connectivity index (χ0) is 17.7. The lowest BCUT2D eigenvalue weighted by Gasteiger charge is -2.18. The number of benzene rings is 2. The average Bonchev–Trinajstić information content (AvgIpc) is 2.56. The Morgan fingerprint density at radius 2 is 1.75 bits per heavy atom. The number of aliphatic hydroxyl groups excluding tert-OH is 1. The minimum atomic E-state index is -1.45. The SMILES string of the molecule is O=C(O)[C@H](Cc1ccc(Cl)cc1Cl)NC(=O)[C@@H](O)c1ccccc1. The number of hydrogen-bond acceptors (Lipinski definition) is 3. The van der Waals surface area contributed by atoms with Gasteiger partial charge < -0.3 is 15.5 Å². The van der Waals surface area contributed by atoms with Gasteiger partial charge in [0.2, 0.25) is 0 Å². The van der Waals surface area contributed by atoms with Gasteiger partial charge in [-0.15, -0.1) is 0 Å². The maximum atomic E-state index is 12.1. The standard InChI is InChI=1S/C17H15Cl2NO4/c18-12-7-6-11(13(19)9-12)8-14(17(23)24)20-16(22)15(21)10-4-2-1-3-5-10/h1-7,9,14-15,21H,8H2,(H,20,22)(H,23,24)/t14-,15-/m0/s1. The highest BCUT2D eigenvalue weighted by Crippen LogP contribution is 2.22. The van der Waals surface area contributed by atoms with Gasteiger partial charge >= 0.3 is 5.97 Å². The van der Waals surface area contributed by atoms with E-state index in [0.717, 1.165) is 0 Å². The van der Waals surface area contributed by atoms with Crippen molar-refractivity contribution in [1.82, 2.24) is 5.32 Å². The molecule has 0 heterocycles. The van der Waals surface area contributed by atoms with E-state index >= 15 is 0 Å². The molecule has 0 fully saturated rings. The summed E-state index contributed by atoms with van der Waals surface area (Å²) in [5, 5.41) is 22.4. The Morgan fingerprint density at radius 1 is 1.08 bits per heavy atom. The van der Waals surface area contributed by atoms with Crippen molar-refractivity contribution >= 4 is 35.1 Å². The molecule has 0 aliphatic carbocycles. The van der Waals surface area contributed by atoms with Crippen LogP contribution in [0.5, 0.6) is 0 Å². The molecule has 24 heavy (non-hydrogen) atoms. The number of carbonyl (C=O) groups excluding carboxylic acids is 1. The summed E-state index contributed by atoms with van der Waals surface area (Å²) in [5.41, 5.74) is 0.909. The van der Waals surface area contributed by atoms with Gasteiger partial charge in [-0.05, 0) is 23.3 Å². The summed E-state index contributed by atoms with van der Waals surface area (Å²) in [6.45, 7) is 0. The van der Waals surface area contributed by atoms with Gasteiger partial charge in [0.05, 0.1) is 0 Å². The van der Waals surface area contributed by atoms with E-state index in [2.05, 4.69) is 5.32 Å². The van der Waals surface area contributed by atoms with Gasteiger partial charge in [-0.1, -0.05) is 59.6 Å². The number of hydrogen-bond donors (Lipinski definition) is 3. The second-order valence-electron chi connectivity index (χ2n) is 5.15. The van der Waals surface area contributed by atoms with Crippen molar-refractivity contribution < 1.29 is 19.8 Å². The van der Waals surface area contributed by atoms with E-state index in [4.69, 9.17) is 23.2 Å². The zero-order valence-corrected chi connectivity index (χ0v) is 14.0. The van der Waals surface area contributed by atoms with Crippen molar-refractivity contribution in [2.45, 2.75) is 18.6 Å². The summed E-state index contributed by atoms with van der Waals surface area (Å²) in [6, 6.07) is 11.7. The van der Waals surface area contributed by atoms with Crippen LogP contribution < -0.4 is 5.32 Å². The van der Waals surface area contributed by atoms with Crippen LogP contribution in [0.1, 0.15) is 17.2 Å². The maximum absolute atomic E-state index is 12.1. The number of aliphatic carboxylic acids is 1. The molecule has 0 spiro atoms. The number of halogens is 2. The molecule has 2 aromatic rings. The van der Waals surface area contributed by atoms with Gasteiger partial charge in [0.1, 0.15) is 6.04 Å². The second-order valence-corrected chi connectivity index (χ2v) is 6.00. The quantitative estimate of drug-likeness (QED) is 0.732. The molecule has 0 bridgehead atoms. The minimum absolute atomic E-state index is 0.0292. The van der Waals surface area contributed by atoms with Crippen LogP contribution in [0.4, 0.5) is 0 Å². The summed E-state index contributed by atoms with van der Waals surface area (Å²) in [5.74, 6) is -2.02. The lowest BCUT2D eigenvalue weighted by Crippen LogP contribution is -2.44. The fourth-order valence-corrected chi connectivity index (χ4v) is 2.63. The Hall–Kier alpha value is -2.08. The summed E-state index contributed by atoms with van der Waals surface area (Å²) < 4.78 is 0. The van der Waals surface area contributed by atoms with Crippen LogP contribution >= 0.6 is 23.2 Å². The number of rotatable bonds is 6. The van der Waals surface area contributed by atoms with E-state index in [9.17, 15) is 19.8 Å². The molecule has 2 rings (SSSR count). The van der Waals surface area contributed by atoms with Gasteiger partial charge in [-0.2, -0.15) is 0 Å². The monoisotopic (exact) mass is 367 g/mol. The molecule has 0 aromatic heterocycles. The van der Waals surface area contributed by atoms with Crippen LogP contribution in [-0.4, -0.2) is 28.1 Å². The second kappa shape index (κ2) is 8.15. The lowest BCUT2D eigenvalue weighted by atomic mass is 10.0. The van der Waals surface area contributed by atoms with Crippen molar-refractivity contribution in [2.24, 2.45) is 0 Å². The van der Waals surface area contributed by atoms with Crippen molar-refractivity contribution in [3.8, 4) is 0 Å². The van der Waals surface area contributed by atoms with E-state index in [-0.39, 0.29) is 6.42 Å². The van der Waals surface area contributed by atoms with Crippen molar-refractivity contribution in [2.75, 3.05) is 0 Å². The molecule has 126 valence electrons. The Morgan fingerprint density at radius 3 is 2.33 bits per heavy atom. The number of carboxylic acids is 1. The van der Waals surface area contributed by atoms with Gasteiger partial charge in [0.25, 0.3) is 5.91 Å². The lowest BCUT2D eigenvalue weighted by molar-refractivity contribution is -0.143. The third-order valence-corrected chi connectivity index (χ3v) is 4.00. The molecule has 2 atom stereocenters. The molecular formula is C17H15Cl2NO4. The van der Waals surface area contributed by atoms with E-state index in [1.807, 2.05) is 0 Å². The average molecular weight is 368 g/mol. The number of aliphatic hydroxyl groups is 1. The van der Waals surface area contributed by atoms with Crippen LogP contribution in [0.3, 0.4) is 0 Å². The van der Waals surface area contributed by atoms with Crippen LogP contribution in [0, 0.1) is 0 Å². The van der Waals surface area contributed by atoms with E-state index in [0.29, 0.717) is 21.2 Å². The van der Waals surface area contributed by atoms with Crippen LogP contribution in [0.2, 0.25) is 10.0 Å². The first-order valence-corrected chi connectivity index (χ1v) is 7.84. The van der Waals surface area contributed by atoms with Gasteiger partial charge in [-0.3, -0.25) is 4.79 Å². The number of amides is 1. The highest BCUT2D eigenvalue weighted by atomic mass is 35.5. The molecule has 7 heteroatoms. The van der Waals surface area contributed by atoms with Crippen molar-refractivity contribution in [3.05, 3.63) is 69.7 Å². The highest BCUT2D eigenvalue weighted by molar-refractivity contribution is 6.35. The molecule has 2 aromatic carbocycles. The summed E-state index contributed by atoms with van der Waals surface area (Å²) >= 11 is 11.8. The topological polar surface area (TPSA) is 86.6 Å². The normalized spacial score (nSPS) is 13.1. The molecule has 0 radical (unpaired) electrons. The predicted octanol–water partition coefficient (Wildman–Crippen LogP) is 2.84. The highest BCUT2D eigenvalue weighted by Gasteiger charge is 2.25. The predicted molar refractivity (Wildman–Crippen MR) is 91.1 cm³/mol. The first-order chi connectivity index (χ1) is 11.4. The van der Waals surface area contributed by atoms with Gasteiger partial charge in [0.15, 0.2) is 6.10 Å². The maximum Gasteiger partial charge on any atom is 0.326 e. The van der Waals surface area contributed by atoms with Crippen molar-refractivity contribution in [1.29, 1.82) is 0 Å². The molecule has 3 N–H and O–H groups in total. The Bertz CT molecular complexity index is 737. The first-order valence-electron chi connectivity index (χ1n) is 7.08. The molecule has 0 aliphatic rings. The van der Waals surface area contributed by atoms with Crippen LogP contribution in [0.15, 0.2) is 48.5 Å². The molecule has 5 nitrogen and oxygen atoms in total. The Labute approximate surface area is 148 Å². The number of carboxylic acid groups (broad SMARTS) is 1. The minimum Gasteiger partial charge on any atom is -0.480 e. The molecule has 0 saturated carbocycles. The molecule has 0 unspecified atom stereocenters. The summed E-state index contributed by atoms with van der Waals surface area (Å²) in [7, 11) is 0. The zero-order valence-electron chi connectivity index (χ0n) is 12.4. The van der Waals surface area contributed by atoms with Crippen molar-refractivity contribution in [3.63, 3.8) is 0 Å². The Balaban J connectivity index is 2.11. The summed E-state index contributed by atoms with van der Waals surface area (Å²) in [4.78, 5) is 23.5. The van der Waals surface area contributed by atoms with Crippen LogP contribution in [-0.2, 0) is 16.0 Å². The largest absolute Gasteiger partial charge is 0.480 e. The number of carbonyl (C=O) groups is 2. The molecule has 0 aliphatic heterocycles. The molecule has 0 saturated heterocycles. The van der Waals surface area contributed by atoms with Gasteiger partial charge in [-0.25, -0.2) is 4.79 Å². The van der Waals surface area contributed by atoms with Crippen LogP contribution in [0.25, 0.3) is 0 Å². The fraction of sp³-hybridized carbons (Fsp3) is 0.176. The first kappa shape index (κ1) is 18.3.